The van der Waals surface area contributed by atoms with Gasteiger partial charge in [-0.1, -0.05) is 15.9 Å². The lowest BCUT2D eigenvalue weighted by molar-refractivity contribution is 0.104. The van der Waals surface area contributed by atoms with Crippen LogP contribution in [0.15, 0.2) is 46.9 Å². The quantitative estimate of drug-likeness (QED) is 0.599. The summed E-state index contributed by atoms with van der Waals surface area (Å²) in [5.41, 5.74) is 1.20. The van der Waals surface area contributed by atoms with Gasteiger partial charge in [0.15, 0.2) is 23.9 Å². The van der Waals surface area contributed by atoms with Crippen LogP contribution in [-0.2, 0) is 0 Å². The molecule has 0 amide bonds. The molecule has 24 heavy (non-hydrogen) atoms. The number of nitriles is 1. The Morgan fingerprint density at radius 3 is 2.67 bits per heavy atom. The summed E-state index contributed by atoms with van der Waals surface area (Å²) in [7, 11) is 1.46. The SMILES string of the molecule is COc1cc(C=CC(=O)c2ccc(OCC#N)cc2)c(Br)cc1O. The number of aromatic hydroxyl groups is 1. The maximum absolute atomic E-state index is 12.2. The Balaban J connectivity index is 2.14. The number of benzene rings is 2. The van der Waals surface area contributed by atoms with Gasteiger partial charge < -0.3 is 14.6 Å². The number of ether oxygens (including phenoxy) is 2. The van der Waals surface area contributed by atoms with Crippen molar-refractivity contribution >= 4 is 27.8 Å². The number of allylic oxidation sites excluding steroid dienone is 1. The van der Waals surface area contributed by atoms with Crippen molar-refractivity contribution in [2.75, 3.05) is 13.7 Å². The molecule has 0 bridgehead atoms. The highest BCUT2D eigenvalue weighted by Crippen LogP contribution is 2.33. The molecule has 0 heterocycles. The Morgan fingerprint density at radius 1 is 1.33 bits per heavy atom. The van der Waals surface area contributed by atoms with E-state index in [0.717, 1.165) is 0 Å². The van der Waals surface area contributed by atoms with Crippen LogP contribution >= 0.6 is 15.9 Å². The second kappa shape index (κ2) is 8.18. The van der Waals surface area contributed by atoms with Crippen molar-refractivity contribution in [2.45, 2.75) is 0 Å². The molecule has 122 valence electrons. The Bertz CT molecular complexity index is 807. The molecule has 1 N–H and O–H groups in total. The Labute approximate surface area is 147 Å². The van der Waals surface area contributed by atoms with Crippen LogP contribution in [0.3, 0.4) is 0 Å². The maximum atomic E-state index is 12.2. The van der Waals surface area contributed by atoms with Crippen molar-refractivity contribution in [1.82, 2.24) is 0 Å². The van der Waals surface area contributed by atoms with Crippen molar-refractivity contribution in [3.05, 3.63) is 58.1 Å². The second-order valence-corrected chi connectivity index (χ2v) is 5.57. The molecule has 0 aliphatic carbocycles. The molecule has 0 fully saturated rings. The first-order valence-corrected chi connectivity index (χ1v) is 7.73. The number of rotatable bonds is 6. The maximum Gasteiger partial charge on any atom is 0.185 e. The van der Waals surface area contributed by atoms with Crippen LogP contribution in [0.4, 0.5) is 0 Å². The van der Waals surface area contributed by atoms with Gasteiger partial charge in [-0.15, -0.1) is 0 Å². The number of halogens is 1. The molecule has 0 unspecified atom stereocenters. The van der Waals surface area contributed by atoms with Gasteiger partial charge in [-0.2, -0.15) is 5.26 Å². The van der Waals surface area contributed by atoms with Gasteiger partial charge in [0, 0.05) is 10.0 Å². The van der Waals surface area contributed by atoms with Gasteiger partial charge in [0.1, 0.15) is 11.8 Å². The van der Waals surface area contributed by atoms with E-state index in [9.17, 15) is 9.90 Å². The fourth-order valence-electron chi connectivity index (χ4n) is 1.94. The first-order chi connectivity index (χ1) is 11.5. The molecule has 5 nitrogen and oxygen atoms in total. The zero-order valence-corrected chi connectivity index (χ0v) is 14.4. The van der Waals surface area contributed by atoms with Gasteiger partial charge in [-0.25, -0.2) is 0 Å². The third-order valence-electron chi connectivity index (χ3n) is 3.15. The second-order valence-electron chi connectivity index (χ2n) is 4.71. The summed E-state index contributed by atoms with van der Waals surface area (Å²) in [6.07, 6.45) is 3.07. The van der Waals surface area contributed by atoms with Crippen molar-refractivity contribution in [1.29, 1.82) is 5.26 Å². The lowest BCUT2D eigenvalue weighted by Gasteiger charge is -2.06. The van der Waals surface area contributed by atoms with E-state index in [1.54, 1.807) is 36.4 Å². The molecular weight excluding hydrogens is 374 g/mol. The predicted octanol–water partition coefficient (Wildman–Crippen LogP) is 3.96. The zero-order valence-electron chi connectivity index (χ0n) is 12.8. The van der Waals surface area contributed by atoms with Crippen LogP contribution in [-0.4, -0.2) is 24.6 Å². The lowest BCUT2D eigenvalue weighted by Crippen LogP contribution is -1.96. The first kappa shape index (κ1) is 17.6. The minimum Gasteiger partial charge on any atom is -0.504 e. The van der Waals surface area contributed by atoms with Gasteiger partial charge in [-0.05, 0) is 54.1 Å². The van der Waals surface area contributed by atoms with Gasteiger partial charge in [0.25, 0.3) is 0 Å². The van der Waals surface area contributed by atoms with E-state index < -0.39 is 0 Å². The molecule has 0 atom stereocenters. The van der Waals surface area contributed by atoms with Crippen LogP contribution in [0.2, 0.25) is 0 Å². The minimum absolute atomic E-state index is 0.0146. The summed E-state index contributed by atoms with van der Waals surface area (Å²) in [4.78, 5) is 12.2. The van der Waals surface area contributed by atoms with E-state index in [0.29, 0.717) is 27.1 Å². The molecule has 6 heteroatoms. The Kier molecular flexibility index (Phi) is 5.99. The van der Waals surface area contributed by atoms with E-state index in [-0.39, 0.29) is 18.1 Å². The van der Waals surface area contributed by atoms with Crippen molar-refractivity contribution < 1.29 is 19.4 Å². The highest BCUT2D eigenvalue weighted by atomic mass is 79.9. The molecule has 0 spiro atoms. The molecule has 2 rings (SSSR count). The van der Waals surface area contributed by atoms with Crippen LogP contribution < -0.4 is 9.47 Å². The highest BCUT2D eigenvalue weighted by molar-refractivity contribution is 9.10. The minimum atomic E-state index is -0.180. The van der Waals surface area contributed by atoms with E-state index in [4.69, 9.17) is 14.7 Å². The van der Waals surface area contributed by atoms with Gasteiger partial charge in [0.2, 0.25) is 0 Å². The molecule has 2 aromatic carbocycles. The number of nitrogens with zero attached hydrogens (tertiary/aromatic N) is 1. The topological polar surface area (TPSA) is 79.5 Å². The smallest absolute Gasteiger partial charge is 0.185 e. The molecule has 0 aliphatic rings. The molecule has 0 saturated carbocycles. The number of ketones is 1. The number of hydrogen-bond donors (Lipinski definition) is 1. The van der Waals surface area contributed by atoms with Crippen molar-refractivity contribution in [2.24, 2.45) is 0 Å². The number of methoxy groups -OCH3 is 1. The zero-order chi connectivity index (χ0) is 17.5. The van der Waals surface area contributed by atoms with E-state index in [2.05, 4.69) is 15.9 Å². The van der Waals surface area contributed by atoms with Gasteiger partial charge in [-0.3, -0.25) is 4.79 Å². The average Bonchev–Trinajstić information content (AvgIpc) is 2.59. The Hall–Kier alpha value is -2.78. The summed E-state index contributed by atoms with van der Waals surface area (Å²) in [5.74, 6) is 0.689. The van der Waals surface area contributed by atoms with Crippen LogP contribution in [0.25, 0.3) is 6.08 Å². The monoisotopic (exact) mass is 387 g/mol. The number of carbonyl (C=O) groups excluding carboxylic acids is 1. The van der Waals surface area contributed by atoms with Crippen LogP contribution in [0.5, 0.6) is 17.2 Å². The molecule has 0 aliphatic heterocycles. The van der Waals surface area contributed by atoms with Crippen molar-refractivity contribution in [3.63, 3.8) is 0 Å². The molecule has 0 aromatic heterocycles. The largest absolute Gasteiger partial charge is 0.504 e. The molecular formula is C18H14BrNO4. The normalized spacial score (nSPS) is 10.4. The standard InChI is InChI=1S/C18H14BrNO4/c1-23-18-10-13(15(19)11-17(18)22)4-7-16(21)12-2-5-14(6-3-12)24-9-8-20/h2-7,10-11,22H,9H2,1H3. The highest BCUT2D eigenvalue weighted by Gasteiger charge is 2.07. The third kappa shape index (κ3) is 4.37. The molecule has 2 aromatic rings. The first-order valence-electron chi connectivity index (χ1n) is 6.94. The van der Waals surface area contributed by atoms with E-state index in [1.807, 2.05) is 6.07 Å². The average molecular weight is 388 g/mol. The summed E-state index contributed by atoms with van der Waals surface area (Å²) in [6.45, 7) is -0.0378. The summed E-state index contributed by atoms with van der Waals surface area (Å²) in [5, 5.41) is 18.1. The van der Waals surface area contributed by atoms with Gasteiger partial charge >= 0.3 is 0 Å². The molecule has 0 radical (unpaired) electrons. The van der Waals surface area contributed by atoms with E-state index in [1.165, 1.54) is 19.3 Å². The van der Waals surface area contributed by atoms with Crippen LogP contribution in [0.1, 0.15) is 15.9 Å². The Morgan fingerprint density at radius 2 is 2.04 bits per heavy atom. The summed E-state index contributed by atoms with van der Waals surface area (Å²) in [6, 6.07) is 11.5. The van der Waals surface area contributed by atoms with Crippen molar-refractivity contribution in [3.8, 4) is 23.3 Å². The fraction of sp³-hybridized carbons (Fsp3) is 0.111. The number of carbonyl (C=O) groups is 1. The predicted molar refractivity (Wildman–Crippen MR) is 93.3 cm³/mol. The number of phenols is 1. The summed E-state index contributed by atoms with van der Waals surface area (Å²) < 4.78 is 10.8. The fourth-order valence-corrected chi connectivity index (χ4v) is 2.41. The third-order valence-corrected chi connectivity index (χ3v) is 3.84. The van der Waals surface area contributed by atoms with Crippen LogP contribution in [0, 0.1) is 11.3 Å². The summed E-state index contributed by atoms with van der Waals surface area (Å²) >= 11 is 3.33. The number of phenolic OH excluding ortho intramolecular Hbond substituents is 1. The molecule has 0 saturated heterocycles. The lowest BCUT2D eigenvalue weighted by atomic mass is 10.1. The van der Waals surface area contributed by atoms with Gasteiger partial charge in [0.05, 0.1) is 7.11 Å². The van der Waals surface area contributed by atoms with E-state index >= 15 is 0 Å². The number of hydrogen-bond acceptors (Lipinski definition) is 5.